The maximum atomic E-state index is 12.0. The molecule has 0 bridgehead atoms. The summed E-state index contributed by atoms with van der Waals surface area (Å²) in [5.41, 5.74) is -0.905. The van der Waals surface area contributed by atoms with Crippen molar-refractivity contribution in [1.29, 1.82) is 0 Å². The first-order valence-corrected chi connectivity index (χ1v) is 6.48. The van der Waals surface area contributed by atoms with Crippen LogP contribution in [0.1, 0.15) is 31.4 Å². The largest absolute Gasteiger partial charge is 0.469 e. The van der Waals surface area contributed by atoms with Crippen LogP contribution in [0.15, 0.2) is 22.8 Å². The van der Waals surface area contributed by atoms with Crippen LogP contribution >= 0.6 is 11.8 Å². The summed E-state index contributed by atoms with van der Waals surface area (Å²) in [4.78, 5) is 23.9. The van der Waals surface area contributed by atoms with Crippen molar-refractivity contribution in [3.63, 3.8) is 0 Å². The monoisotopic (exact) mass is 238 g/mol. The van der Waals surface area contributed by atoms with Crippen molar-refractivity contribution < 1.29 is 14.0 Å². The lowest BCUT2D eigenvalue weighted by Gasteiger charge is -2.25. The van der Waals surface area contributed by atoms with Crippen LogP contribution in [0.4, 0.5) is 0 Å². The normalized spacial score (nSPS) is 29.6. The molecule has 1 saturated carbocycles. The fourth-order valence-electron chi connectivity index (χ4n) is 2.40. The number of rotatable bonds is 2. The van der Waals surface area contributed by atoms with E-state index in [9.17, 15) is 9.59 Å². The van der Waals surface area contributed by atoms with Crippen LogP contribution in [-0.2, 0) is 9.59 Å². The Balaban J connectivity index is 2.40. The van der Waals surface area contributed by atoms with Crippen molar-refractivity contribution in [3.05, 3.63) is 24.2 Å². The Morgan fingerprint density at radius 1 is 1.62 bits per heavy atom. The van der Waals surface area contributed by atoms with Gasteiger partial charge in [-0.3, -0.25) is 9.59 Å². The molecule has 1 aromatic heterocycles. The molecule has 3 nitrogen and oxygen atoms in total. The van der Waals surface area contributed by atoms with Crippen molar-refractivity contribution in [2.45, 2.75) is 25.7 Å². The Morgan fingerprint density at radius 3 is 2.94 bits per heavy atom. The predicted octanol–water partition coefficient (Wildman–Crippen LogP) is 2.62. The van der Waals surface area contributed by atoms with Gasteiger partial charge in [0.1, 0.15) is 17.0 Å². The predicted molar refractivity (Wildman–Crippen MR) is 62.3 cm³/mol. The van der Waals surface area contributed by atoms with Crippen molar-refractivity contribution in [3.8, 4) is 0 Å². The molecule has 0 amide bonds. The van der Waals surface area contributed by atoms with E-state index in [-0.39, 0.29) is 16.8 Å². The van der Waals surface area contributed by atoms with E-state index in [4.69, 9.17) is 4.42 Å². The van der Waals surface area contributed by atoms with Gasteiger partial charge in [-0.05, 0) is 31.7 Å². The van der Waals surface area contributed by atoms with E-state index in [1.165, 1.54) is 0 Å². The van der Waals surface area contributed by atoms with Crippen LogP contribution in [0.25, 0.3) is 0 Å². The Kier molecular flexibility index (Phi) is 2.93. The van der Waals surface area contributed by atoms with Gasteiger partial charge in [-0.25, -0.2) is 0 Å². The molecule has 1 aromatic rings. The maximum absolute atomic E-state index is 12.0. The minimum atomic E-state index is -0.905. The van der Waals surface area contributed by atoms with Crippen LogP contribution in [0.5, 0.6) is 0 Å². The van der Waals surface area contributed by atoms with Gasteiger partial charge in [-0.15, -0.1) is 0 Å². The first kappa shape index (κ1) is 11.5. The van der Waals surface area contributed by atoms with E-state index in [2.05, 4.69) is 0 Å². The molecule has 86 valence electrons. The quantitative estimate of drug-likeness (QED) is 0.743. The van der Waals surface area contributed by atoms with Crippen LogP contribution in [0, 0.1) is 5.41 Å². The molecular weight excluding hydrogens is 224 g/mol. The zero-order valence-electron chi connectivity index (χ0n) is 9.36. The van der Waals surface area contributed by atoms with Crippen LogP contribution in [0.2, 0.25) is 0 Å². The lowest BCUT2D eigenvalue weighted by Crippen LogP contribution is -2.34. The van der Waals surface area contributed by atoms with E-state index in [0.29, 0.717) is 12.8 Å². The molecule has 0 aliphatic heterocycles. The minimum absolute atomic E-state index is 0.0354. The number of Topliss-reactive ketones (excluding diaryl/α,β-unsaturated/α-hetero) is 1. The van der Waals surface area contributed by atoms with Crippen molar-refractivity contribution >= 4 is 22.7 Å². The van der Waals surface area contributed by atoms with Gasteiger partial charge < -0.3 is 4.42 Å². The SMILES string of the molecule is CSC(=O)[C@@]1(C)C(=O)CCC1c1ccco1. The van der Waals surface area contributed by atoms with Crippen LogP contribution in [0.3, 0.4) is 0 Å². The van der Waals surface area contributed by atoms with Crippen molar-refractivity contribution in [1.82, 2.24) is 0 Å². The van der Waals surface area contributed by atoms with Crippen molar-refractivity contribution in [2.24, 2.45) is 5.41 Å². The molecule has 1 heterocycles. The molecule has 16 heavy (non-hydrogen) atoms. The summed E-state index contributed by atoms with van der Waals surface area (Å²) in [6.07, 6.45) is 4.48. The fourth-order valence-corrected chi connectivity index (χ4v) is 3.08. The second-order valence-corrected chi connectivity index (χ2v) is 5.00. The summed E-state index contributed by atoms with van der Waals surface area (Å²) in [5, 5.41) is -0.0589. The average Bonchev–Trinajstić information content (AvgIpc) is 2.88. The molecule has 0 radical (unpaired) electrons. The summed E-state index contributed by atoms with van der Waals surface area (Å²) in [6, 6.07) is 3.64. The molecule has 4 heteroatoms. The van der Waals surface area contributed by atoms with Gasteiger partial charge in [-0.2, -0.15) is 0 Å². The lowest BCUT2D eigenvalue weighted by molar-refractivity contribution is -0.133. The summed E-state index contributed by atoms with van der Waals surface area (Å²) >= 11 is 1.12. The van der Waals surface area contributed by atoms with Crippen molar-refractivity contribution in [2.75, 3.05) is 6.26 Å². The number of furan rings is 1. The summed E-state index contributed by atoms with van der Waals surface area (Å²) < 4.78 is 5.34. The zero-order valence-corrected chi connectivity index (χ0v) is 10.2. The molecule has 0 N–H and O–H groups in total. The number of thioether (sulfide) groups is 1. The van der Waals surface area contributed by atoms with Gasteiger partial charge in [0.2, 0.25) is 5.12 Å². The molecule has 1 aliphatic rings. The number of carbonyl (C=O) groups is 2. The molecule has 0 aromatic carbocycles. The number of hydrogen-bond donors (Lipinski definition) is 0. The lowest BCUT2D eigenvalue weighted by atomic mass is 9.79. The smallest absolute Gasteiger partial charge is 0.202 e. The average molecular weight is 238 g/mol. The first-order chi connectivity index (χ1) is 7.60. The van der Waals surface area contributed by atoms with Gasteiger partial charge in [0.05, 0.1) is 6.26 Å². The van der Waals surface area contributed by atoms with E-state index in [1.807, 2.05) is 6.07 Å². The van der Waals surface area contributed by atoms with E-state index >= 15 is 0 Å². The second kappa shape index (κ2) is 4.09. The van der Waals surface area contributed by atoms with E-state index < -0.39 is 5.41 Å². The maximum Gasteiger partial charge on any atom is 0.202 e. The molecule has 1 fully saturated rings. The van der Waals surface area contributed by atoms with E-state index in [1.54, 1.807) is 25.5 Å². The third-order valence-corrected chi connectivity index (χ3v) is 4.23. The number of hydrogen-bond acceptors (Lipinski definition) is 4. The van der Waals surface area contributed by atoms with Crippen LogP contribution in [-0.4, -0.2) is 17.2 Å². The Morgan fingerprint density at radius 2 is 2.38 bits per heavy atom. The summed E-state index contributed by atoms with van der Waals surface area (Å²) in [6.45, 7) is 1.74. The topological polar surface area (TPSA) is 47.3 Å². The molecule has 2 rings (SSSR count). The Labute approximate surface area is 98.6 Å². The Bertz CT molecular complexity index is 410. The van der Waals surface area contributed by atoms with Crippen LogP contribution < -0.4 is 0 Å². The molecule has 0 saturated heterocycles. The molecular formula is C12H14O3S. The first-order valence-electron chi connectivity index (χ1n) is 5.25. The summed E-state index contributed by atoms with van der Waals surface area (Å²) in [7, 11) is 0. The Hall–Kier alpha value is -1.03. The highest BCUT2D eigenvalue weighted by Gasteiger charge is 2.52. The second-order valence-electron chi connectivity index (χ2n) is 4.22. The summed E-state index contributed by atoms with van der Waals surface area (Å²) in [5.74, 6) is 0.680. The van der Waals surface area contributed by atoms with Gasteiger partial charge in [0.15, 0.2) is 0 Å². The van der Waals surface area contributed by atoms with Gasteiger partial charge in [0.25, 0.3) is 0 Å². The fraction of sp³-hybridized carbons (Fsp3) is 0.500. The zero-order chi connectivity index (χ0) is 11.8. The van der Waals surface area contributed by atoms with Gasteiger partial charge >= 0.3 is 0 Å². The third-order valence-electron chi connectivity index (χ3n) is 3.43. The molecule has 1 aliphatic carbocycles. The highest BCUT2D eigenvalue weighted by molar-refractivity contribution is 8.13. The molecule has 2 atom stereocenters. The highest BCUT2D eigenvalue weighted by Crippen LogP contribution is 2.49. The standard InChI is InChI=1S/C12H14O3S/c1-12(11(14)16-2)8(5-6-10(12)13)9-4-3-7-15-9/h3-4,7-8H,5-6H2,1-2H3/t8?,12-/m1/s1. The highest BCUT2D eigenvalue weighted by atomic mass is 32.2. The number of ketones is 1. The molecule has 1 unspecified atom stereocenters. The minimum Gasteiger partial charge on any atom is -0.469 e. The van der Waals surface area contributed by atoms with E-state index in [0.717, 1.165) is 17.5 Å². The van der Waals surface area contributed by atoms with Gasteiger partial charge in [-0.1, -0.05) is 11.8 Å². The number of carbonyl (C=O) groups excluding carboxylic acids is 2. The van der Waals surface area contributed by atoms with Gasteiger partial charge in [0, 0.05) is 12.3 Å². The molecule has 0 spiro atoms. The third kappa shape index (κ3) is 1.52.